The Hall–Kier alpha value is -3.34. The van der Waals surface area contributed by atoms with Crippen LogP contribution < -0.4 is 4.74 Å². The lowest BCUT2D eigenvalue weighted by Gasteiger charge is -2.09. The molecule has 0 fully saturated rings. The fourth-order valence-electron chi connectivity index (χ4n) is 4.10. The minimum Gasteiger partial charge on any atom is -0.461 e. The predicted molar refractivity (Wildman–Crippen MR) is 111 cm³/mol. The van der Waals surface area contributed by atoms with Crippen LogP contribution >= 0.6 is 0 Å². The van der Waals surface area contributed by atoms with Crippen molar-refractivity contribution in [1.29, 1.82) is 0 Å². The molecule has 0 saturated heterocycles. The number of nitrogens with zero attached hydrogens (tertiary/aromatic N) is 2. The third kappa shape index (κ3) is 3.23. The first kappa shape index (κ1) is 17.7. The van der Waals surface area contributed by atoms with Gasteiger partial charge in [-0.3, -0.25) is 0 Å². The summed E-state index contributed by atoms with van der Waals surface area (Å²) in [5, 5.41) is 5.53. The van der Waals surface area contributed by atoms with E-state index in [1.54, 1.807) is 18.2 Å². The first-order valence-corrected chi connectivity index (χ1v) is 9.99. The van der Waals surface area contributed by atoms with Crippen molar-refractivity contribution >= 4 is 16.9 Å². The molecule has 0 aliphatic heterocycles. The summed E-state index contributed by atoms with van der Waals surface area (Å²) in [5.74, 6) is 1.25. The second kappa shape index (κ2) is 6.92. The van der Waals surface area contributed by atoms with Gasteiger partial charge in [0.05, 0.1) is 16.9 Å². The number of fused-ring (bicyclic) bond motifs is 3. The van der Waals surface area contributed by atoms with Crippen molar-refractivity contribution in [3.63, 3.8) is 0 Å². The monoisotopic (exact) mass is 386 g/mol. The van der Waals surface area contributed by atoms with Gasteiger partial charge in [-0.1, -0.05) is 0 Å². The van der Waals surface area contributed by atoms with E-state index in [4.69, 9.17) is 9.15 Å². The van der Waals surface area contributed by atoms with Crippen LogP contribution in [0.5, 0.6) is 5.75 Å². The standard InChI is InChI=1S/C24H22N2O3/c1-15-13-16(2)26(25-15)18-9-7-17(8-10-18)24(27)28-19-11-12-23-21(14-19)20-5-3-4-6-22(20)29-23/h7-14H,3-6H2,1-2H3. The molecule has 5 nitrogen and oxygen atoms in total. The molecule has 2 aromatic carbocycles. The number of carbonyl (C=O) groups excluding carboxylic acids is 1. The Bertz CT molecular complexity index is 1220. The van der Waals surface area contributed by atoms with Gasteiger partial charge in [0.15, 0.2) is 0 Å². The van der Waals surface area contributed by atoms with E-state index in [2.05, 4.69) is 5.10 Å². The Morgan fingerprint density at radius 2 is 1.83 bits per heavy atom. The third-order valence-electron chi connectivity index (χ3n) is 5.49. The van der Waals surface area contributed by atoms with E-state index in [9.17, 15) is 4.79 Å². The molecule has 0 amide bonds. The van der Waals surface area contributed by atoms with Crippen LogP contribution in [0.15, 0.2) is 52.9 Å². The molecule has 0 saturated carbocycles. The van der Waals surface area contributed by atoms with Crippen molar-refractivity contribution in [2.75, 3.05) is 0 Å². The lowest BCUT2D eigenvalue weighted by atomic mass is 9.96. The third-order valence-corrected chi connectivity index (χ3v) is 5.49. The molecule has 0 N–H and O–H groups in total. The maximum atomic E-state index is 12.6. The molecule has 146 valence electrons. The van der Waals surface area contributed by atoms with Gasteiger partial charge in [0.2, 0.25) is 0 Å². The number of hydrogen-bond acceptors (Lipinski definition) is 4. The largest absolute Gasteiger partial charge is 0.461 e. The number of carbonyl (C=O) groups is 1. The molecule has 0 atom stereocenters. The molecule has 5 rings (SSSR count). The van der Waals surface area contributed by atoms with E-state index >= 15 is 0 Å². The van der Waals surface area contributed by atoms with Crippen molar-refractivity contribution < 1.29 is 13.9 Å². The van der Waals surface area contributed by atoms with Crippen molar-refractivity contribution in [2.45, 2.75) is 39.5 Å². The lowest BCUT2D eigenvalue weighted by molar-refractivity contribution is 0.0735. The van der Waals surface area contributed by atoms with Gasteiger partial charge in [0.25, 0.3) is 0 Å². The highest BCUT2D eigenvalue weighted by molar-refractivity contribution is 5.92. The zero-order valence-electron chi connectivity index (χ0n) is 16.6. The van der Waals surface area contributed by atoms with Gasteiger partial charge in [0, 0.05) is 23.1 Å². The Kier molecular flexibility index (Phi) is 4.23. The van der Waals surface area contributed by atoms with Crippen LogP contribution in [-0.4, -0.2) is 15.7 Å². The zero-order valence-corrected chi connectivity index (χ0v) is 16.6. The second-order valence-corrected chi connectivity index (χ2v) is 7.64. The topological polar surface area (TPSA) is 57.3 Å². The second-order valence-electron chi connectivity index (χ2n) is 7.64. The average Bonchev–Trinajstić information content (AvgIpc) is 3.27. The van der Waals surface area contributed by atoms with Crippen molar-refractivity contribution in [1.82, 2.24) is 9.78 Å². The molecule has 5 heteroatoms. The summed E-state index contributed by atoms with van der Waals surface area (Å²) in [6.07, 6.45) is 4.35. The molecule has 29 heavy (non-hydrogen) atoms. The van der Waals surface area contributed by atoms with Crippen molar-refractivity contribution in [3.05, 3.63) is 76.8 Å². The molecule has 1 aliphatic carbocycles. The van der Waals surface area contributed by atoms with Crippen molar-refractivity contribution in [3.8, 4) is 11.4 Å². The molecule has 0 spiro atoms. The van der Waals surface area contributed by atoms with Crippen LogP contribution in [0.1, 0.15) is 45.9 Å². The molecular weight excluding hydrogens is 364 g/mol. The average molecular weight is 386 g/mol. The summed E-state index contributed by atoms with van der Waals surface area (Å²) < 4.78 is 13.5. The predicted octanol–water partition coefficient (Wildman–Crippen LogP) is 5.33. The summed E-state index contributed by atoms with van der Waals surface area (Å²) in [6.45, 7) is 3.97. The molecule has 0 unspecified atom stereocenters. The Morgan fingerprint density at radius 3 is 2.59 bits per heavy atom. The number of esters is 1. The highest BCUT2D eigenvalue weighted by Crippen LogP contribution is 2.34. The van der Waals surface area contributed by atoms with E-state index in [-0.39, 0.29) is 5.97 Å². The van der Waals surface area contributed by atoms with Gasteiger partial charge in [-0.05, 0) is 81.6 Å². The van der Waals surface area contributed by atoms with E-state index in [1.807, 2.05) is 48.9 Å². The van der Waals surface area contributed by atoms with Crippen LogP contribution in [-0.2, 0) is 12.8 Å². The highest BCUT2D eigenvalue weighted by Gasteiger charge is 2.19. The summed E-state index contributed by atoms with van der Waals surface area (Å²) in [5.41, 5.74) is 5.56. The smallest absolute Gasteiger partial charge is 0.343 e. The van der Waals surface area contributed by atoms with Crippen LogP contribution in [0.4, 0.5) is 0 Å². The molecule has 2 aromatic heterocycles. The molecule has 0 bridgehead atoms. The minimum absolute atomic E-state index is 0.373. The molecule has 2 heterocycles. The van der Waals surface area contributed by atoms with Gasteiger partial charge in [-0.2, -0.15) is 5.10 Å². The van der Waals surface area contributed by atoms with Crippen LogP contribution in [0.25, 0.3) is 16.7 Å². The number of benzene rings is 2. The molecular formula is C24H22N2O3. The number of rotatable bonds is 3. The first-order valence-electron chi connectivity index (χ1n) is 9.99. The van der Waals surface area contributed by atoms with Gasteiger partial charge in [-0.15, -0.1) is 0 Å². The van der Waals surface area contributed by atoms with E-state index < -0.39 is 0 Å². The Balaban J connectivity index is 1.38. The van der Waals surface area contributed by atoms with E-state index in [1.165, 1.54) is 18.4 Å². The normalized spacial score (nSPS) is 13.4. The van der Waals surface area contributed by atoms with E-state index in [0.717, 1.165) is 46.6 Å². The number of hydrogen-bond donors (Lipinski definition) is 0. The summed E-state index contributed by atoms with van der Waals surface area (Å²) >= 11 is 0. The maximum Gasteiger partial charge on any atom is 0.343 e. The number of furan rings is 1. The molecule has 0 radical (unpaired) electrons. The number of aryl methyl sites for hydroxylation is 4. The van der Waals surface area contributed by atoms with Gasteiger partial charge in [0.1, 0.15) is 17.1 Å². The Labute approximate surface area is 168 Å². The first-order chi connectivity index (χ1) is 14.1. The van der Waals surface area contributed by atoms with Gasteiger partial charge < -0.3 is 9.15 Å². The van der Waals surface area contributed by atoms with Crippen LogP contribution in [0.3, 0.4) is 0 Å². The molecule has 1 aliphatic rings. The minimum atomic E-state index is -0.373. The quantitative estimate of drug-likeness (QED) is 0.353. The molecule has 4 aromatic rings. The van der Waals surface area contributed by atoms with Crippen molar-refractivity contribution in [2.24, 2.45) is 0 Å². The summed E-state index contributed by atoms with van der Waals surface area (Å²) in [6, 6.07) is 14.9. The van der Waals surface area contributed by atoms with Gasteiger partial charge >= 0.3 is 5.97 Å². The van der Waals surface area contributed by atoms with Crippen LogP contribution in [0.2, 0.25) is 0 Å². The van der Waals surface area contributed by atoms with Gasteiger partial charge in [-0.25, -0.2) is 9.48 Å². The fourth-order valence-corrected chi connectivity index (χ4v) is 4.10. The SMILES string of the molecule is Cc1cc(C)n(-c2ccc(C(=O)Oc3ccc4oc5c(c4c3)CCCC5)cc2)n1. The number of aromatic nitrogens is 2. The van der Waals surface area contributed by atoms with E-state index in [0.29, 0.717) is 11.3 Å². The highest BCUT2D eigenvalue weighted by atomic mass is 16.5. The lowest BCUT2D eigenvalue weighted by Crippen LogP contribution is -2.09. The zero-order chi connectivity index (χ0) is 20.0. The maximum absolute atomic E-state index is 12.6. The Morgan fingerprint density at radius 1 is 1.03 bits per heavy atom. The summed E-state index contributed by atoms with van der Waals surface area (Å²) in [7, 11) is 0. The fraction of sp³-hybridized carbons (Fsp3) is 0.250. The number of ether oxygens (including phenoxy) is 1. The van der Waals surface area contributed by atoms with Crippen LogP contribution in [0, 0.1) is 13.8 Å². The summed E-state index contributed by atoms with van der Waals surface area (Å²) in [4.78, 5) is 12.6.